The molecule has 1 aliphatic heterocycles. The minimum absolute atomic E-state index is 0.782. The third-order valence-corrected chi connectivity index (χ3v) is 4.51. The monoisotopic (exact) mass is 239 g/mol. The second-order valence-electron chi connectivity index (χ2n) is 5.91. The Morgan fingerprint density at radius 1 is 1.06 bits per heavy atom. The lowest BCUT2D eigenvalue weighted by Crippen LogP contribution is -2.34. The van der Waals surface area contributed by atoms with Crippen molar-refractivity contribution in [3.8, 4) is 0 Å². The van der Waals surface area contributed by atoms with Gasteiger partial charge < -0.3 is 10.1 Å². The third kappa shape index (κ3) is 4.26. The van der Waals surface area contributed by atoms with Crippen LogP contribution in [0.4, 0.5) is 0 Å². The van der Waals surface area contributed by atoms with E-state index in [1.807, 2.05) is 0 Å². The summed E-state index contributed by atoms with van der Waals surface area (Å²) in [7, 11) is 0. The summed E-state index contributed by atoms with van der Waals surface area (Å²) in [6.07, 6.45) is 11.0. The zero-order valence-electron chi connectivity index (χ0n) is 11.4. The van der Waals surface area contributed by atoms with Crippen LogP contribution in [0.3, 0.4) is 0 Å². The van der Waals surface area contributed by atoms with Crippen LogP contribution in [0.1, 0.15) is 58.3 Å². The van der Waals surface area contributed by atoms with E-state index in [9.17, 15) is 0 Å². The fourth-order valence-corrected chi connectivity index (χ4v) is 3.50. The van der Waals surface area contributed by atoms with Gasteiger partial charge in [-0.2, -0.15) is 0 Å². The van der Waals surface area contributed by atoms with Gasteiger partial charge in [0.25, 0.3) is 0 Å². The predicted octanol–water partition coefficient (Wildman–Crippen LogP) is 3.36. The highest BCUT2D eigenvalue weighted by molar-refractivity contribution is 4.81. The van der Waals surface area contributed by atoms with Crippen molar-refractivity contribution in [2.75, 3.05) is 19.8 Å². The molecule has 2 heteroatoms. The first-order chi connectivity index (χ1) is 8.40. The van der Waals surface area contributed by atoms with Crippen LogP contribution >= 0.6 is 0 Å². The van der Waals surface area contributed by atoms with Gasteiger partial charge in [0, 0.05) is 19.3 Å². The molecule has 2 nitrogen and oxygen atoms in total. The SMILES string of the molecule is CCCNC1CCCCC(C2CCCOC2)C1. The van der Waals surface area contributed by atoms with Crippen LogP contribution in [0.5, 0.6) is 0 Å². The van der Waals surface area contributed by atoms with Crippen LogP contribution in [0.2, 0.25) is 0 Å². The number of hydrogen-bond acceptors (Lipinski definition) is 2. The summed E-state index contributed by atoms with van der Waals surface area (Å²) < 4.78 is 5.67. The molecule has 1 saturated heterocycles. The van der Waals surface area contributed by atoms with E-state index in [1.165, 1.54) is 57.9 Å². The van der Waals surface area contributed by atoms with Gasteiger partial charge >= 0.3 is 0 Å². The molecule has 0 spiro atoms. The van der Waals surface area contributed by atoms with Crippen LogP contribution in [-0.4, -0.2) is 25.8 Å². The first kappa shape index (κ1) is 13.4. The Morgan fingerprint density at radius 2 is 1.88 bits per heavy atom. The highest BCUT2D eigenvalue weighted by Gasteiger charge is 2.28. The maximum absolute atomic E-state index is 5.67. The van der Waals surface area contributed by atoms with Crippen LogP contribution in [-0.2, 0) is 4.74 Å². The van der Waals surface area contributed by atoms with Gasteiger partial charge in [-0.25, -0.2) is 0 Å². The molecule has 1 saturated carbocycles. The summed E-state index contributed by atoms with van der Waals surface area (Å²) in [5.41, 5.74) is 0. The lowest BCUT2D eigenvalue weighted by Gasteiger charge is -2.31. The normalized spacial score (nSPS) is 35.5. The van der Waals surface area contributed by atoms with Crippen molar-refractivity contribution in [3.05, 3.63) is 0 Å². The molecular weight excluding hydrogens is 210 g/mol. The van der Waals surface area contributed by atoms with Gasteiger partial charge in [-0.05, 0) is 50.5 Å². The van der Waals surface area contributed by atoms with Gasteiger partial charge in [-0.3, -0.25) is 0 Å². The standard InChI is InChI=1S/C15H29NO/c1-2-9-16-15-8-4-3-6-13(11-15)14-7-5-10-17-12-14/h13-16H,2-12H2,1H3. The minimum Gasteiger partial charge on any atom is -0.381 e. The Hall–Kier alpha value is -0.0800. The summed E-state index contributed by atoms with van der Waals surface area (Å²) >= 11 is 0. The van der Waals surface area contributed by atoms with Gasteiger partial charge in [0.15, 0.2) is 0 Å². The molecule has 1 N–H and O–H groups in total. The Morgan fingerprint density at radius 3 is 2.65 bits per heavy atom. The van der Waals surface area contributed by atoms with E-state index >= 15 is 0 Å². The van der Waals surface area contributed by atoms with E-state index in [-0.39, 0.29) is 0 Å². The molecule has 0 aromatic heterocycles. The summed E-state index contributed by atoms with van der Waals surface area (Å²) in [6.45, 7) is 5.49. The van der Waals surface area contributed by atoms with Crippen molar-refractivity contribution in [2.45, 2.75) is 64.3 Å². The van der Waals surface area contributed by atoms with E-state index in [0.29, 0.717) is 0 Å². The van der Waals surface area contributed by atoms with E-state index in [4.69, 9.17) is 4.74 Å². The van der Waals surface area contributed by atoms with Crippen molar-refractivity contribution in [1.82, 2.24) is 5.32 Å². The van der Waals surface area contributed by atoms with Gasteiger partial charge in [0.1, 0.15) is 0 Å². The number of rotatable bonds is 4. The van der Waals surface area contributed by atoms with Crippen LogP contribution in [0.15, 0.2) is 0 Å². The summed E-state index contributed by atoms with van der Waals surface area (Å²) in [5.74, 6) is 1.78. The topological polar surface area (TPSA) is 21.3 Å². The van der Waals surface area contributed by atoms with Crippen molar-refractivity contribution < 1.29 is 4.74 Å². The second kappa shape index (κ2) is 7.38. The Balaban J connectivity index is 1.82. The van der Waals surface area contributed by atoms with Gasteiger partial charge in [-0.15, -0.1) is 0 Å². The van der Waals surface area contributed by atoms with Crippen LogP contribution < -0.4 is 5.32 Å². The van der Waals surface area contributed by atoms with Crippen molar-refractivity contribution in [3.63, 3.8) is 0 Å². The molecule has 0 aromatic carbocycles. The molecule has 1 heterocycles. The molecular formula is C15H29NO. The molecule has 0 bridgehead atoms. The third-order valence-electron chi connectivity index (χ3n) is 4.51. The Labute approximate surface area is 107 Å². The summed E-state index contributed by atoms with van der Waals surface area (Å²) in [6, 6.07) is 0.782. The van der Waals surface area contributed by atoms with Crippen LogP contribution in [0, 0.1) is 11.8 Å². The molecule has 100 valence electrons. The number of hydrogen-bond donors (Lipinski definition) is 1. The van der Waals surface area contributed by atoms with Gasteiger partial charge in [0.2, 0.25) is 0 Å². The molecule has 3 unspecified atom stereocenters. The molecule has 17 heavy (non-hydrogen) atoms. The highest BCUT2D eigenvalue weighted by Crippen LogP contribution is 2.33. The average molecular weight is 239 g/mol. The largest absolute Gasteiger partial charge is 0.381 e. The van der Waals surface area contributed by atoms with E-state index in [2.05, 4.69) is 12.2 Å². The maximum Gasteiger partial charge on any atom is 0.0496 e. The Bertz CT molecular complexity index is 201. The number of nitrogens with one attached hydrogen (secondary N) is 1. The van der Waals surface area contributed by atoms with Crippen molar-refractivity contribution in [1.29, 1.82) is 0 Å². The molecule has 2 fully saturated rings. The lowest BCUT2D eigenvalue weighted by molar-refractivity contribution is 0.0257. The van der Waals surface area contributed by atoms with Crippen molar-refractivity contribution >= 4 is 0 Å². The fourth-order valence-electron chi connectivity index (χ4n) is 3.50. The predicted molar refractivity (Wildman–Crippen MR) is 72.2 cm³/mol. The summed E-state index contributed by atoms with van der Waals surface area (Å²) in [4.78, 5) is 0. The molecule has 0 radical (unpaired) electrons. The smallest absolute Gasteiger partial charge is 0.0496 e. The molecule has 2 rings (SSSR count). The van der Waals surface area contributed by atoms with E-state index in [1.54, 1.807) is 0 Å². The molecule has 2 aliphatic rings. The minimum atomic E-state index is 0.782. The fraction of sp³-hybridized carbons (Fsp3) is 1.00. The van der Waals surface area contributed by atoms with Gasteiger partial charge in [0.05, 0.1) is 0 Å². The molecule has 0 aromatic rings. The molecule has 1 aliphatic carbocycles. The van der Waals surface area contributed by atoms with Crippen LogP contribution in [0.25, 0.3) is 0 Å². The summed E-state index contributed by atoms with van der Waals surface area (Å²) in [5, 5.41) is 3.74. The zero-order chi connectivity index (χ0) is 11.9. The molecule has 3 atom stereocenters. The highest BCUT2D eigenvalue weighted by atomic mass is 16.5. The van der Waals surface area contributed by atoms with E-state index < -0.39 is 0 Å². The zero-order valence-corrected chi connectivity index (χ0v) is 11.4. The number of ether oxygens (including phenoxy) is 1. The quantitative estimate of drug-likeness (QED) is 0.760. The van der Waals surface area contributed by atoms with Crippen molar-refractivity contribution in [2.24, 2.45) is 11.8 Å². The average Bonchev–Trinajstić information content (AvgIpc) is 2.63. The molecule has 0 amide bonds. The first-order valence-corrected chi connectivity index (χ1v) is 7.71. The second-order valence-corrected chi connectivity index (χ2v) is 5.91. The first-order valence-electron chi connectivity index (χ1n) is 7.71. The van der Waals surface area contributed by atoms with E-state index in [0.717, 1.165) is 31.1 Å². The lowest BCUT2D eigenvalue weighted by atomic mass is 9.82. The maximum atomic E-state index is 5.67. The Kier molecular flexibility index (Phi) is 5.79. The van der Waals surface area contributed by atoms with Gasteiger partial charge in [-0.1, -0.05) is 26.2 Å².